The van der Waals surface area contributed by atoms with Crippen molar-refractivity contribution in [2.24, 2.45) is 0 Å². The van der Waals surface area contributed by atoms with Crippen LogP contribution in [0.1, 0.15) is 0 Å². The van der Waals surface area contributed by atoms with Crippen molar-refractivity contribution >= 4 is 22.1 Å². The van der Waals surface area contributed by atoms with Crippen LogP contribution in [0.25, 0.3) is 39.1 Å². The number of phenols is 1. The van der Waals surface area contributed by atoms with Crippen molar-refractivity contribution in [3.8, 4) is 22.8 Å². The molecule has 5 aromatic rings. The Hall–Kier alpha value is -3.73. The molecule has 0 saturated heterocycles. The number of fused-ring (bicyclic) bond motifs is 2. The number of pyridine rings is 2. The second kappa shape index (κ2) is 5.67. The van der Waals surface area contributed by atoms with Gasteiger partial charge in [0.05, 0.1) is 16.8 Å². The van der Waals surface area contributed by atoms with Crippen molar-refractivity contribution < 1.29 is 5.11 Å². The molecule has 0 bridgehead atoms. The lowest BCUT2D eigenvalue weighted by Crippen LogP contribution is -2.00. The molecule has 5 rings (SSSR count). The molecule has 5 nitrogen and oxygen atoms in total. The van der Waals surface area contributed by atoms with Crippen LogP contribution in [0.15, 0.2) is 79.1 Å². The Kier molecular flexibility index (Phi) is 3.18. The largest absolute Gasteiger partial charge is 0.507 e. The normalized spacial score (nSPS) is 11.2. The average Bonchev–Trinajstić information content (AvgIpc) is 3.07. The Morgan fingerprint density at radius 2 is 1.54 bits per heavy atom. The van der Waals surface area contributed by atoms with Crippen LogP contribution in [0.4, 0.5) is 0 Å². The molecule has 0 aliphatic heterocycles. The number of imidazole rings is 1. The van der Waals surface area contributed by atoms with Gasteiger partial charge < -0.3 is 5.11 Å². The van der Waals surface area contributed by atoms with E-state index in [-0.39, 0.29) is 5.75 Å². The van der Waals surface area contributed by atoms with Crippen LogP contribution < -0.4 is 0 Å². The highest BCUT2D eigenvalue weighted by Crippen LogP contribution is 2.34. The van der Waals surface area contributed by atoms with Crippen LogP contribution in [-0.2, 0) is 0 Å². The molecule has 5 heteroatoms. The van der Waals surface area contributed by atoms with Gasteiger partial charge in [0.1, 0.15) is 11.3 Å². The minimum absolute atomic E-state index is 0.183. The molecule has 0 aliphatic rings. The molecule has 0 radical (unpaired) electrons. The van der Waals surface area contributed by atoms with E-state index in [4.69, 9.17) is 4.98 Å². The van der Waals surface area contributed by atoms with Crippen molar-refractivity contribution in [2.75, 3.05) is 0 Å². The molecule has 0 aliphatic carbocycles. The van der Waals surface area contributed by atoms with Crippen LogP contribution >= 0.6 is 0 Å². The molecule has 124 valence electrons. The van der Waals surface area contributed by atoms with Gasteiger partial charge >= 0.3 is 0 Å². The van der Waals surface area contributed by atoms with Gasteiger partial charge in [-0.3, -0.25) is 9.55 Å². The summed E-state index contributed by atoms with van der Waals surface area (Å²) in [5.74, 6) is 0.829. The second-order valence-corrected chi connectivity index (χ2v) is 5.98. The number of para-hydroxylation sites is 1. The van der Waals surface area contributed by atoms with Gasteiger partial charge in [-0.1, -0.05) is 18.2 Å². The molecule has 0 saturated carbocycles. The third-order valence-electron chi connectivity index (χ3n) is 4.42. The summed E-state index contributed by atoms with van der Waals surface area (Å²) in [7, 11) is 0. The number of nitrogens with zero attached hydrogens (tertiary/aromatic N) is 4. The van der Waals surface area contributed by atoms with Crippen molar-refractivity contribution in [3.05, 3.63) is 79.1 Å². The maximum Gasteiger partial charge on any atom is 0.164 e. The highest BCUT2D eigenvalue weighted by molar-refractivity contribution is 5.91. The zero-order valence-corrected chi connectivity index (χ0v) is 13.7. The van der Waals surface area contributed by atoms with E-state index in [1.807, 2.05) is 59.2 Å². The van der Waals surface area contributed by atoms with E-state index in [2.05, 4.69) is 9.97 Å². The summed E-state index contributed by atoms with van der Waals surface area (Å²) in [5, 5.41) is 11.4. The van der Waals surface area contributed by atoms with Crippen LogP contribution in [-0.4, -0.2) is 24.6 Å². The number of hydrogen-bond donors (Lipinski definition) is 1. The van der Waals surface area contributed by atoms with Gasteiger partial charge in [-0.05, 0) is 48.5 Å². The minimum atomic E-state index is 0.183. The predicted molar refractivity (Wildman–Crippen MR) is 101 cm³/mol. The Bertz CT molecular complexity index is 1250. The first-order chi connectivity index (χ1) is 12.8. The third-order valence-corrected chi connectivity index (χ3v) is 4.42. The molecular formula is C21H14N4O. The summed E-state index contributed by atoms with van der Waals surface area (Å²) in [4.78, 5) is 13.7. The first-order valence-electron chi connectivity index (χ1n) is 8.29. The second-order valence-electron chi connectivity index (χ2n) is 5.98. The third kappa shape index (κ3) is 2.14. The predicted octanol–water partition coefficient (Wildman–Crippen LogP) is 4.34. The van der Waals surface area contributed by atoms with Crippen molar-refractivity contribution in [1.82, 2.24) is 19.5 Å². The molecule has 26 heavy (non-hydrogen) atoms. The summed E-state index contributed by atoms with van der Waals surface area (Å²) < 4.78 is 1.98. The Morgan fingerprint density at radius 1 is 0.731 bits per heavy atom. The summed E-state index contributed by atoms with van der Waals surface area (Å²) >= 11 is 0. The molecule has 0 unspecified atom stereocenters. The maximum atomic E-state index is 10.4. The molecular weight excluding hydrogens is 324 g/mol. The van der Waals surface area contributed by atoms with Crippen molar-refractivity contribution in [2.45, 2.75) is 0 Å². The van der Waals surface area contributed by atoms with Crippen LogP contribution in [0.3, 0.4) is 0 Å². The monoisotopic (exact) mass is 338 g/mol. The molecule has 3 heterocycles. The average molecular weight is 338 g/mol. The van der Waals surface area contributed by atoms with E-state index in [1.165, 1.54) is 0 Å². The SMILES string of the molecule is Oc1ccccc1-c1nc2cccnc2n1-c1cccc2ncccc12. The first kappa shape index (κ1) is 14.6. The van der Waals surface area contributed by atoms with Crippen LogP contribution in [0, 0.1) is 0 Å². The lowest BCUT2D eigenvalue weighted by atomic mass is 10.1. The Balaban J connectivity index is 1.93. The molecule has 1 N–H and O–H groups in total. The molecule has 3 aromatic heterocycles. The van der Waals surface area contributed by atoms with E-state index in [0.29, 0.717) is 11.4 Å². The summed E-state index contributed by atoms with van der Waals surface area (Å²) in [6, 6.07) is 20.9. The summed E-state index contributed by atoms with van der Waals surface area (Å²) in [6.07, 6.45) is 3.53. The number of rotatable bonds is 2. The fourth-order valence-electron chi connectivity index (χ4n) is 3.27. The number of benzene rings is 2. The quantitative estimate of drug-likeness (QED) is 0.520. The van der Waals surface area contributed by atoms with Gasteiger partial charge in [-0.15, -0.1) is 0 Å². The topological polar surface area (TPSA) is 63.8 Å². The van der Waals surface area contributed by atoms with Gasteiger partial charge in [-0.2, -0.15) is 0 Å². The molecule has 2 aromatic carbocycles. The fraction of sp³-hybridized carbons (Fsp3) is 0. The molecule has 0 amide bonds. The smallest absolute Gasteiger partial charge is 0.164 e. The van der Waals surface area contributed by atoms with E-state index in [1.54, 1.807) is 24.5 Å². The lowest BCUT2D eigenvalue weighted by Gasteiger charge is -2.12. The zero-order valence-electron chi connectivity index (χ0n) is 13.7. The van der Waals surface area contributed by atoms with E-state index < -0.39 is 0 Å². The summed E-state index contributed by atoms with van der Waals surface area (Å²) in [5.41, 5.74) is 3.99. The Labute approximate surface area is 149 Å². The number of aromatic hydroxyl groups is 1. The minimum Gasteiger partial charge on any atom is -0.507 e. The summed E-state index contributed by atoms with van der Waals surface area (Å²) in [6.45, 7) is 0. The molecule has 0 spiro atoms. The van der Waals surface area contributed by atoms with E-state index in [0.717, 1.165) is 27.8 Å². The zero-order chi connectivity index (χ0) is 17.5. The highest BCUT2D eigenvalue weighted by Gasteiger charge is 2.18. The first-order valence-corrected chi connectivity index (χ1v) is 8.29. The molecule has 0 atom stereocenters. The Morgan fingerprint density at radius 3 is 2.46 bits per heavy atom. The van der Waals surface area contributed by atoms with Gasteiger partial charge in [0.25, 0.3) is 0 Å². The fourth-order valence-corrected chi connectivity index (χ4v) is 3.27. The van der Waals surface area contributed by atoms with Crippen LogP contribution in [0.2, 0.25) is 0 Å². The maximum absolute atomic E-state index is 10.4. The van der Waals surface area contributed by atoms with Crippen LogP contribution in [0.5, 0.6) is 5.75 Å². The van der Waals surface area contributed by atoms with Gasteiger partial charge in [-0.25, -0.2) is 9.97 Å². The van der Waals surface area contributed by atoms with Crippen molar-refractivity contribution in [1.29, 1.82) is 0 Å². The molecule has 0 fully saturated rings. The standard InChI is InChI=1S/C21H14N4O/c26-19-11-2-1-6-15(19)20-24-17-9-5-13-23-21(17)25(20)18-10-3-8-16-14(18)7-4-12-22-16/h1-13,26H. The number of hydrogen-bond acceptors (Lipinski definition) is 4. The number of aromatic nitrogens is 4. The lowest BCUT2D eigenvalue weighted by molar-refractivity contribution is 0.477. The highest BCUT2D eigenvalue weighted by atomic mass is 16.3. The van der Waals surface area contributed by atoms with Gasteiger partial charge in [0.15, 0.2) is 11.5 Å². The van der Waals surface area contributed by atoms with E-state index in [9.17, 15) is 5.11 Å². The number of phenolic OH excluding ortho intramolecular Hbond substituents is 1. The van der Waals surface area contributed by atoms with Crippen molar-refractivity contribution in [3.63, 3.8) is 0 Å². The van der Waals surface area contributed by atoms with Gasteiger partial charge in [0, 0.05) is 17.8 Å². The van der Waals surface area contributed by atoms with Gasteiger partial charge in [0.2, 0.25) is 0 Å². The van der Waals surface area contributed by atoms with E-state index >= 15 is 0 Å².